The van der Waals surface area contributed by atoms with Crippen LogP contribution in [0.3, 0.4) is 0 Å². The van der Waals surface area contributed by atoms with Gasteiger partial charge >= 0.3 is 5.69 Å². The van der Waals surface area contributed by atoms with Gasteiger partial charge in [0, 0.05) is 12.4 Å². The zero-order valence-electron chi connectivity index (χ0n) is 8.73. The number of rotatable bonds is 2. The SMILES string of the molecule is O=C(Nc1ccnc(Cl)n1)c1c[nH]c(=O)[nH]c1=O. The summed E-state index contributed by atoms with van der Waals surface area (Å²) in [6, 6.07) is 1.41. The third-order valence-electron chi connectivity index (χ3n) is 1.93. The molecular formula is C9H6ClN5O3. The Hall–Kier alpha value is -2.48. The Labute approximate surface area is 104 Å². The van der Waals surface area contributed by atoms with E-state index >= 15 is 0 Å². The molecule has 2 aromatic rings. The van der Waals surface area contributed by atoms with Crippen LogP contribution in [-0.4, -0.2) is 25.8 Å². The number of aromatic nitrogens is 4. The Bertz CT molecular complexity index is 708. The molecule has 0 bridgehead atoms. The molecule has 2 rings (SSSR count). The molecule has 0 atom stereocenters. The van der Waals surface area contributed by atoms with Gasteiger partial charge in [0.2, 0.25) is 5.28 Å². The lowest BCUT2D eigenvalue weighted by atomic mass is 10.3. The molecule has 0 fully saturated rings. The molecule has 0 saturated carbocycles. The number of amides is 1. The highest BCUT2D eigenvalue weighted by Gasteiger charge is 2.11. The van der Waals surface area contributed by atoms with Gasteiger partial charge in [-0.2, -0.15) is 0 Å². The van der Waals surface area contributed by atoms with Crippen molar-refractivity contribution < 1.29 is 4.79 Å². The average Bonchev–Trinajstić information content (AvgIpc) is 2.28. The highest BCUT2D eigenvalue weighted by atomic mass is 35.5. The Morgan fingerprint density at radius 3 is 2.83 bits per heavy atom. The molecule has 2 aromatic heterocycles. The van der Waals surface area contributed by atoms with E-state index in [2.05, 4.69) is 20.3 Å². The number of carbonyl (C=O) groups is 1. The summed E-state index contributed by atoms with van der Waals surface area (Å²) in [6.07, 6.45) is 2.36. The van der Waals surface area contributed by atoms with Crippen LogP contribution in [0.2, 0.25) is 5.28 Å². The van der Waals surface area contributed by atoms with Crippen molar-refractivity contribution in [3.8, 4) is 0 Å². The van der Waals surface area contributed by atoms with Crippen LogP contribution < -0.4 is 16.6 Å². The Balaban J connectivity index is 2.27. The quantitative estimate of drug-likeness (QED) is 0.649. The highest BCUT2D eigenvalue weighted by molar-refractivity contribution is 6.28. The van der Waals surface area contributed by atoms with Gasteiger partial charge in [-0.1, -0.05) is 0 Å². The van der Waals surface area contributed by atoms with E-state index in [4.69, 9.17) is 11.6 Å². The van der Waals surface area contributed by atoms with E-state index < -0.39 is 17.2 Å². The molecule has 2 heterocycles. The maximum atomic E-state index is 11.7. The Morgan fingerprint density at radius 1 is 1.39 bits per heavy atom. The maximum absolute atomic E-state index is 11.7. The summed E-state index contributed by atoms with van der Waals surface area (Å²) >= 11 is 5.54. The lowest BCUT2D eigenvalue weighted by Gasteiger charge is -2.02. The molecule has 8 nitrogen and oxygen atoms in total. The third-order valence-corrected chi connectivity index (χ3v) is 2.11. The number of nitrogens with one attached hydrogen (secondary N) is 3. The second-order valence-corrected chi connectivity index (χ2v) is 3.49. The normalized spacial score (nSPS) is 10.1. The summed E-state index contributed by atoms with van der Waals surface area (Å²) in [5, 5.41) is 2.30. The van der Waals surface area contributed by atoms with E-state index in [1.54, 1.807) is 0 Å². The number of hydrogen-bond acceptors (Lipinski definition) is 5. The van der Waals surface area contributed by atoms with Crippen molar-refractivity contribution >= 4 is 23.3 Å². The van der Waals surface area contributed by atoms with Crippen molar-refractivity contribution in [2.45, 2.75) is 0 Å². The van der Waals surface area contributed by atoms with Crippen LogP contribution >= 0.6 is 11.6 Å². The van der Waals surface area contributed by atoms with Crippen molar-refractivity contribution in [3.63, 3.8) is 0 Å². The fourth-order valence-electron chi connectivity index (χ4n) is 1.17. The minimum Gasteiger partial charge on any atom is -0.313 e. The lowest BCUT2D eigenvalue weighted by Crippen LogP contribution is -2.29. The van der Waals surface area contributed by atoms with Gasteiger partial charge in [0.25, 0.3) is 11.5 Å². The second kappa shape index (κ2) is 4.80. The Morgan fingerprint density at radius 2 is 2.17 bits per heavy atom. The predicted molar refractivity (Wildman–Crippen MR) is 62.7 cm³/mol. The topological polar surface area (TPSA) is 121 Å². The van der Waals surface area contributed by atoms with Crippen molar-refractivity contribution in [1.82, 2.24) is 19.9 Å². The van der Waals surface area contributed by atoms with Crippen molar-refractivity contribution in [2.75, 3.05) is 5.32 Å². The molecule has 0 radical (unpaired) electrons. The average molecular weight is 268 g/mol. The monoisotopic (exact) mass is 267 g/mol. The molecule has 0 aliphatic carbocycles. The van der Waals surface area contributed by atoms with E-state index in [1.807, 2.05) is 4.98 Å². The van der Waals surface area contributed by atoms with Gasteiger partial charge in [0.1, 0.15) is 11.4 Å². The fraction of sp³-hybridized carbons (Fsp3) is 0. The van der Waals surface area contributed by atoms with Gasteiger partial charge in [-0.15, -0.1) is 0 Å². The zero-order chi connectivity index (χ0) is 13.1. The summed E-state index contributed by atoms with van der Waals surface area (Å²) in [7, 11) is 0. The number of hydrogen-bond donors (Lipinski definition) is 3. The van der Waals surface area contributed by atoms with E-state index in [-0.39, 0.29) is 16.7 Å². The minimum absolute atomic E-state index is 0.0387. The van der Waals surface area contributed by atoms with Gasteiger partial charge in [-0.3, -0.25) is 14.6 Å². The molecule has 18 heavy (non-hydrogen) atoms. The number of nitrogens with zero attached hydrogens (tertiary/aromatic N) is 2. The van der Waals surface area contributed by atoms with Crippen molar-refractivity contribution in [3.05, 3.63) is 50.1 Å². The lowest BCUT2D eigenvalue weighted by molar-refractivity contribution is 0.102. The van der Waals surface area contributed by atoms with Crippen LogP contribution in [0, 0.1) is 0 Å². The van der Waals surface area contributed by atoms with E-state index in [0.717, 1.165) is 6.20 Å². The van der Waals surface area contributed by atoms with Crippen molar-refractivity contribution in [2.24, 2.45) is 0 Å². The molecule has 0 saturated heterocycles. The molecule has 0 spiro atoms. The largest absolute Gasteiger partial charge is 0.325 e. The first-order valence-corrected chi connectivity index (χ1v) is 5.06. The molecule has 1 amide bonds. The smallest absolute Gasteiger partial charge is 0.313 e. The predicted octanol–water partition coefficient (Wildman–Crippen LogP) is -0.241. The molecular weight excluding hydrogens is 262 g/mol. The highest BCUT2D eigenvalue weighted by Crippen LogP contribution is 2.06. The Kier molecular flexibility index (Phi) is 3.20. The van der Waals surface area contributed by atoms with E-state index in [0.29, 0.717) is 0 Å². The number of carbonyl (C=O) groups excluding carboxylic acids is 1. The number of H-pyrrole nitrogens is 2. The summed E-state index contributed by atoms with van der Waals surface area (Å²) in [5.74, 6) is -0.576. The first-order valence-electron chi connectivity index (χ1n) is 4.68. The number of halogens is 1. The van der Waals surface area contributed by atoms with Crippen LogP contribution in [0.1, 0.15) is 10.4 Å². The molecule has 0 aliphatic rings. The molecule has 3 N–H and O–H groups in total. The third kappa shape index (κ3) is 2.61. The molecule has 0 aromatic carbocycles. The maximum Gasteiger partial charge on any atom is 0.325 e. The van der Waals surface area contributed by atoms with E-state index in [1.165, 1.54) is 12.3 Å². The van der Waals surface area contributed by atoms with Crippen LogP contribution in [0.4, 0.5) is 5.82 Å². The molecule has 0 aliphatic heterocycles. The fourth-order valence-corrected chi connectivity index (χ4v) is 1.31. The summed E-state index contributed by atoms with van der Waals surface area (Å²) in [4.78, 5) is 45.3. The first-order chi connectivity index (χ1) is 8.56. The van der Waals surface area contributed by atoms with Gasteiger partial charge in [0.15, 0.2) is 0 Å². The minimum atomic E-state index is -0.795. The van der Waals surface area contributed by atoms with Crippen LogP contribution in [0.5, 0.6) is 0 Å². The molecule has 92 valence electrons. The second-order valence-electron chi connectivity index (χ2n) is 3.15. The van der Waals surface area contributed by atoms with Gasteiger partial charge < -0.3 is 10.3 Å². The number of anilines is 1. The van der Waals surface area contributed by atoms with Gasteiger partial charge in [-0.25, -0.2) is 14.8 Å². The van der Waals surface area contributed by atoms with Crippen LogP contribution in [-0.2, 0) is 0 Å². The number of aromatic amines is 2. The summed E-state index contributed by atoms with van der Waals surface area (Å²) in [6.45, 7) is 0. The van der Waals surface area contributed by atoms with Crippen molar-refractivity contribution in [1.29, 1.82) is 0 Å². The van der Waals surface area contributed by atoms with Crippen LogP contribution in [0.25, 0.3) is 0 Å². The standard InChI is InChI=1S/C9H6ClN5O3/c10-8-11-2-1-5(14-8)13-6(16)4-3-12-9(18)15-7(4)17/h1-3H,(H,11,13,14,16)(H2,12,15,17,18). The molecule has 9 heteroatoms. The summed E-state index contributed by atoms with van der Waals surface area (Å²) in [5.41, 5.74) is -1.73. The van der Waals surface area contributed by atoms with E-state index in [9.17, 15) is 14.4 Å². The zero-order valence-corrected chi connectivity index (χ0v) is 9.49. The molecule has 0 unspecified atom stereocenters. The summed E-state index contributed by atoms with van der Waals surface area (Å²) < 4.78 is 0. The van der Waals surface area contributed by atoms with Gasteiger partial charge in [0.05, 0.1) is 0 Å². The van der Waals surface area contributed by atoms with Gasteiger partial charge in [-0.05, 0) is 17.7 Å². The first kappa shape index (κ1) is 12.0. The van der Waals surface area contributed by atoms with Crippen LogP contribution in [0.15, 0.2) is 28.0 Å².